The third-order valence-electron chi connectivity index (χ3n) is 5.13. The fraction of sp³-hybridized carbons (Fsp3) is 0.474. The minimum atomic E-state index is -3.99. The number of rotatable bonds is 4. The molecule has 1 amide bonds. The maximum Gasteiger partial charge on any atom is 0.345 e. The molecule has 0 radical (unpaired) electrons. The Morgan fingerprint density at radius 1 is 1.30 bits per heavy atom. The number of ether oxygens (including phenoxy) is 1. The summed E-state index contributed by atoms with van der Waals surface area (Å²) in [6.07, 6.45) is 5.35. The molecule has 2 heterocycles. The van der Waals surface area contributed by atoms with Crippen LogP contribution in [-0.4, -0.2) is 56.0 Å². The Morgan fingerprint density at radius 2 is 2.04 bits per heavy atom. The van der Waals surface area contributed by atoms with Crippen molar-refractivity contribution < 1.29 is 17.9 Å². The summed E-state index contributed by atoms with van der Waals surface area (Å²) in [7, 11) is -1.11. The second kappa shape index (κ2) is 7.72. The van der Waals surface area contributed by atoms with Gasteiger partial charge in [-0.15, -0.1) is 4.40 Å². The number of carbonyl (C=O) groups excluding carboxylic acids is 1. The third kappa shape index (κ3) is 3.71. The Labute approximate surface area is 160 Å². The molecule has 0 N–H and O–H groups in total. The lowest BCUT2D eigenvalue weighted by Gasteiger charge is -2.37. The van der Waals surface area contributed by atoms with E-state index in [2.05, 4.69) is 4.40 Å². The predicted molar refractivity (Wildman–Crippen MR) is 104 cm³/mol. The number of allylic oxidation sites excluding steroid dienone is 1. The van der Waals surface area contributed by atoms with Crippen LogP contribution in [0, 0.1) is 0 Å². The van der Waals surface area contributed by atoms with E-state index in [4.69, 9.17) is 4.74 Å². The Bertz CT molecular complexity index is 892. The number of likely N-dealkylation sites (N-methyl/N-ethyl adjacent to an activating group) is 1. The number of benzene rings is 1. The molecule has 0 aromatic heterocycles. The molecule has 0 bridgehead atoms. The third-order valence-corrected chi connectivity index (χ3v) is 6.45. The highest BCUT2D eigenvalue weighted by atomic mass is 32.2. The Balaban J connectivity index is 2.04. The van der Waals surface area contributed by atoms with E-state index in [1.165, 1.54) is 14.2 Å². The quantitative estimate of drug-likeness (QED) is 0.789. The number of carbonyl (C=O) groups is 1. The summed E-state index contributed by atoms with van der Waals surface area (Å²) in [5.41, 5.74) is 0.859. The first-order valence-electron chi connectivity index (χ1n) is 9.14. The van der Waals surface area contributed by atoms with Crippen molar-refractivity contribution in [2.75, 3.05) is 20.7 Å². The fourth-order valence-electron chi connectivity index (χ4n) is 3.58. The lowest BCUT2D eigenvalue weighted by molar-refractivity contribution is -0.131. The van der Waals surface area contributed by atoms with Crippen LogP contribution in [-0.2, 0) is 15.0 Å². The van der Waals surface area contributed by atoms with E-state index in [9.17, 15) is 13.2 Å². The van der Waals surface area contributed by atoms with E-state index in [0.29, 0.717) is 17.9 Å². The highest BCUT2D eigenvalue weighted by Crippen LogP contribution is 2.28. The first kappa shape index (κ1) is 19.4. The molecule has 0 unspecified atom stereocenters. The molecule has 0 saturated carbocycles. The lowest BCUT2D eigenvalue weighted by atomic mass is 9.99. The molecule has 1 fully saturated rings. The molecule has 0 aliphatic carbocycles. The summed E-state index contributed by atoms with van der Waals surface area (Å²) in [5.74, 6) is 0.235. The van der Waals surface area contributed by atoms with Crippen molar-refractivity contribution >= 4 is 21.8 Å². The van der Waals surface area contributed by atoms with E-state index in [1.54, 1.807) is 35.2 Å². The molecule has 146 valence electrons. The number of methoxy groups -OCH3 is 1. The minimum Gasteiger partial charge on any atom is -0.496 e. The fourth-order valence-corrected chi connectivity index (χ4v) is 4.48. The molecule has 1 aromatic carbocycles. The number of likely N-dealkylation sites (tertiary alicyclic amines) is 1. The highest BCUT2D eigenvalue weighted by Gasteiger charge is 2.35. The zero-order valence-electron chi connectivity index (χ0n) is 15.9. The molecule has 3 rings (SSSR count). The number of hydrogen-bond donors (Lipinski definition) is 0. The molecule has 1 aromatic rings. The second-order valence-corrected chi connectivity index (χ2v) is 8.33. The summed E-state index contributed by atoms with van der Waals surface area (Å²) in [6.45, 7) is 2.69. The molecule has 7 nitrogen and oxygen atoms in total. The van der Waals surface area contributed by atoms with Crippen molar-refractivity contribution in [3.05, 3.63) is 41.6 Å². The van der Waals surface area contributed by atoms with Crippen LogP contribution in [0.1, 0.15) is 38.2 Å². The second-order valence-electron chi connectivity index (χ2n) is 6.71. The van der Waals surface area contributed by atoms with E-state index in [1.807, 2.05) is 6.92 Å². The van der Waals surface area contributed by atoms with Crippen molar-refractivity contribution in [1.29, 1.82) is 0 Å². The molecule has 2 aliphatic heterocycles. The largest absolute Gasteiger partial charge is 0.496 e. The zero-order valence-corrected chi connectivity index (χ0v) is 16.7. The zero-order chi connectivity index (χ0) is 19.6. The Morgan fingerprint density at radius 3 is 2.74 bits per heavy atom. The van der Waals surface area contributed by atoms with Crippen LogP contribution >= 0.6 is 0 Å². The number of nitrogens with zero attached hydrogens (tertiary/aromatic N) is 3. The summed E-state index contributed by atoms with van der Waals surface area (Å²) in [5, 5.41) is 0. The summed E-state index contributed by atoms with van der Waals surface area (Å²) >= 11 is 0. The normalized spacial score (nSPS) is 22.1. The molecule has 2 aliphatic rings. The Hall–Kier alpha value is -2.35. The average Bonchev–Trinajstić information content (AvgIpc) is 2.69. The summed E-state index contributed by atoms with van der Waals surface area (Å²) < 4.78 is 35.4. The van der Waals surface area contributed by atoms with Gasteiger partial charge in [0.05, 0.1) is 12.8 Å². The molecular formula is C19H25N3O4S. The van der Waals surface area contributed by atoms with Crippen molar-refractivity contribution in [3.63, 3.8) is 0 Å². The topological polar surface area (TPSA) is 79.3 Å². The van der Waals surface area contributed by atoms with Crippen LogP contribution in [0.5, 0.6) is 5.75 Å². The standard InChI is InChI=1S/C19H25N3O4S/c1-4-14-9-7-8-12-22(14)19(23)17-13-16(20-27(24,25)21(17)2)15-10-5-6-11-18(15)26-3/h5-6,10-11,13-14H,4,7-9,12H2,1-3H3/t14-/m1/s1. The first-order chi connectivity index (χ1) is 12.9. The van der Waals surface area contributed by atoms with Crippen LogP contribution in [0.4, 0.5) is 0 Å². The van der Waals surface area contributed by atoms with E-state index >= 15 is 0 Å². The van der Waals surface area contributed by atoms with Gasteiger partial charge in [-0.05, 0) is 43.9 Å². The van der Waals surface area contributed by atoms with Crippen LogP contribution in [0.15, 0.2) is 40.4 Å². The van der Waals surface area contributed by atoms with Gasteiger partial charge in [0.2, 0.25) is 0 Å². The molecule has 8 heteroatoms. The van der Waals surface area contributed by atoms with E-state index < -0.39 is 10.2 Å². The van der Waals surface area contributed by atoms with Gasteiger partial charge < -0.3 is 9.64 Å². The molecule has 27 heavy (non-hydrogen) atoms. The number of amides is 1. The first-order valence-corrected chi connectivity index (χ1v) is 10.5. The Kier molecular flexibility index (Phi) is 5.55. The SMILES string of the molecule is CC[C@@H]1CCCCN1C(=O)C1=CC(c2ccccc2OC)=NS(=O)(=O)N1C. The predicted octanol–water partition coefficient (Wildman–Crippen LogP) is 2.35. The number of para-hydroxylation sites is 1. The molecule has 1 saturated heterocycles. The molecule has 1 atom stereocenters. The van der Waals surface area contributed by atoms with Crippen molar-refractivity contribution in [2.24, 2.45) is 4.40 Å². The van der Waals surface area contributed by atoms with Crippen LogP contribution < -0.4 is 4.74 Å². The maximum atomic E-state index is 13.2. The highest BCUT2D eigenvalue weighted by molar-refractivity contribution is 7.88. The van der Waals surface area contributed by atoms with Gasteiger partial charge in [0.25, 0.3) is 5.91 Å². The smallest absolute Gasteiger partial charge is 0.345 e. The number of piperidine rings is 1. The number of hydrogen-bond acceptors (Lipinski definition) is 4. The van der Waals surface area contributed by atoms with Gasteiger partial charge in [-0.1, -0.05) is 19.1 Å². The summed E-state index contributed by atoms with van der Waals surface area (Å²) in [4.78, 5) is 15.0. The maximum absolute atomic E-state index is 13.2. The van der Waals surface area contributed by atoms with Crippen LogP contribution in [0.2, 0.25) is 0 Å². The van der Waals surface area contributed by atoms with Gasteiger partial charge in [0.1, 0.15) is 11.4 Å². The lowest BCUT2D eigenvalue weighted by Crippen LogP contribution is -2.47. The van der Waals surface area contributed by atoms with Gasteiger partial charge in [0, 0.05) is 25.2 Å². The van der Waals surface area contributed by atoms with Gasteiger partial charge in [-0.2, -0.15) is 8.42 Å². The van der Waals surface area contributed by atoms with Crippen LogP contribution in [0.3, 0.4) is 0 Å². The van der Waals surface area contributed by atoms with Crippen molar-refractivity contribution in [1.82, 2.24) is 9.21 Å². The van der Waals surface area contributed by atoms with Crippen LogP contribution in [0.25, 0.3) is 0 Å². The van der Waals surface area contributed by atoms with Gasteiger partial charge >= 0.3 is 10.2 Å². The van der Waals surface area contributed by atoms with Crippen molar-refractivity contribution in [2.45, 2.75) is 38.6 Å². The molecular weight excluding hydrogens is 366 g/mol. The minimum absolute atomic E-state index is 0.117. The van der Waals surface area contributed by atoms with Gasteiger partial charge in [-0.25, -0.2) is 4.31 Å². The molecule has 0 spiro atoms. The average molecular weight is 391 g/mol. The monoisotopic (exact) mass is 391 g/mol. The summed E-state index contributed by atoms with van der Waals surface area (Å²) in [6, 6.07) is 7.17. The van der Waals surface area contributed by atoms with Gasteiger partial charge in [-0.3, -0.25) is 4.79 Å². The van der Waals surface area contributed by atoms with Crippen molar-refractivity contribution in [3.8, 4) is 5.75 Å². The van der Waals surface area contributed by atoms with E-state index in [0.717, 1.165) is 30.0 Å². The van der Waals surface area contributed by atoms with E-state index in [-0.39, 0.29) is 23.4 Å². The van der Waals surface area contributed by atoms with Gasteiger partial charge in [0.15, 0.2) is 0 Å².